The average molecular weight is 271 g/mol. The molecule has 1 aromatic heterocycles. The Hall–Kier alpha value is -1.81. The normalized spacial score (nSPS) is 22.8. The predicted molar refractivity (Wildman–Crippen MR) is 78.8 cm³/mol. The fraction of sp³-hybridized carbons (Fsp3) is 0.438. The number of benzene rings is 1. The minimum absolute atomic E-state index is 0.132. The summed E-state index contributed by atoms with van der Waals surface area (Å²) in [6.45, 7) is 6.44. The lowest BCUT2D eigenvalue weighted by Crippen LogP contribution is -2.24. The topological polar surface area (TPSA) is 60.9 Å². The molecule has 0 bridgehead atoms. The van der Waals surface area contributed by atoms with Gasteiger partial charge in [-0.2, -0.15) is 0 Å². The second kappa shape index (κ2) is 4.94. The van der Waals surface area contributed by atoms with Crippen molar-refractivity contribution in [3.8, 4) is 5.75 Å². The van der Waals surface area contributed by atoms with Gasteiger partial charge < -0.3 is 15.4 Å². The highest BCUT2D eigenvalue weighted by molar-refractivity contribution is 5.50. The van der Waals surface area contributed by atoms with E-state index in [9.17, 15) is 5.11 Å². The Labute approximate surface area is 119 Å². The number of aryl methyl sites for hydroxylation is 1. The van der Waals surface area contributed by atoms with Gasteiger partial charge in [0.1, 0.15) is 11.6 Å². The zero-order chi connectivity index (χ0) is 14.3. The molecular weight excluding hydrogens is 250 g/mol. The van der Waals surface area contributed by atoms with Gasteiger partial charge in [-0.1, -0.05) is 13.0 Å². The minimum atomic E-state index is 0.132. The number of nitrogens with one attached hydrogen (secondary N) is 2. The van der Waals surface area contributed by atoms with Gasteiger partial charge in [0, 0.05) is 24.0 Å². The van der Waals surface area contributed by atoms with Gasteiger partial charge in [-0.25, -0.2) is 4.98 Å². The molecule has 0 saturated heterocycles. The largest absolute Gasteiger partial charge is 0.508 e. The van der Waals surface area contributed by atoms with Crippen LogP contribution < -0.4 is 5.32 Å². The SMILES string of the molecule is Cc1ccc(O)c2c1C(C)CC2NC(C)c1ncc[nH]1. The van der Waals surface area contributed by atoms with Crippen LogP contribution in [0.4, 0.5) is 0 Å². The molecule has 1 aromatic carbocycles. The number of H-pyrrole nitrogens is 1. The Morgan fingerprint density at radius 2 is 2.20 bits per heavy atom. The summed E-state index contributed by atoms with van der Waals surface area (Å²) in [5, 5.41) is 13.8. The molecule has 0 aliphatic heterocycles. The monoisotopic (exact) mass is 271 g/mol. The number of aromatic amines is 1. The average Bonchev–Trinajstić information content (AvgIpc) is 3.03. The van der Waals surface area contributed by atoms with Gasteiger partial charge in [0.25, 0.3) is 0 Å². The van der Waals surface area contributed by atoms with Gasteiger partial charge in [-0.3, -0.25) is 0 Å². The summed E-state index contributed by atoms with van der Waals surface area (Å²) in [6.07, 6.45) is 4.61. The molecule has 1 aliphatic carbocycles. The Kier molecular flexibility index (Phi) is 3.26. The lowest BCUT2D eigenvalue weighted by Gasteiger charge is -2.20. The first-order chi connectivity index (χ1) is 9.58. The third-order valence-corrected chi connectivity index (χ3v) is 4.29. The van der Waals surface area contributed by atoms with Crippen molar-refractivity contribution in [1.29, 1.82) is 0 Å². The summed E-state index contributed by atoms with van der Waals surface area (Å²) in [6, 6.07) is 4.12. The molecule has 4 nitrogen and oxygen atoms in total. The lowest BCUT2D eigenvalue weighted by molar-refractivity contribution is 0.416. The molecule has 20 heavy (non-hydrogen) atoms. The van der Waals surface area contributed by atoms with E-state index in [4.69, 9.17) is 0 Å². The summed E-state index contributed by atoms with van der Waals surface area (Å²) in [7, 11) is 0. The molecule has 3 atom stereocenters. The van der Waals surface area contributed by atoms with E-state index in [-0.39, 0.29) is 12.1 Å². The highest BCUT2D eigenvalue weighted by atomic mass is 16.3. The Morgan fingerprint density at radius 3 is 2.90 bits per heavy atom. The molecule has 0 spiro atoms. The second-order valence-corrected chi connectivity index (χ2v) is 5.78. The van der Waals surface area contributed by atoms with E-state index in [2.05, 4.69) is 36.1 Å². The zero-order valence-electron chi connectivity index (χ0n) is 12.1. The first kappa shape index (κ1) is 13.2. The third kappa shape index (κ3) is 2.10. The highest BCUT2D eigenvalue weighted by Crippen LogP contribution is 2.46. The van der Waals surface area contributed by atoms with Gasteiger partial charge in [0.05, 0.1) is 6.04 Å². The number of hydrogen-bond donors (Lipinski definition) is 3. The molecule has 0 radical (unpaired) electrons. The number of imidazole rings is 1. The number of rotatable bonds is 3. The lowest BCUT2D eigenvalue weighted by atomic mass is 9.97. The molecule has 106 valence electrons. The zero-order valence-corrected chi connectivity index (χ0v) is 12.1. The summed E-state index contributed by atoms with van der Waals surface area (Å²) in [5.41, 5.74) is 3.63. The van der Waals surface area contributed by atoms with Gasteiger partial charge in [-0.05, 0) is 43.4 Å². The van der Waals surface area contributed by atoms with E-state index >= 15 is 0 Å². The molecule has 4 heteroatoms. The van der Waals surface area contributed by atoms with Crippen molar-refractivity contribution in [2.75, 3.05) is 0 Å². The van der Waals surface area contributed by atoms with Crippen LogP contribution in [0, 0.1) is 6.92 Å². The van der Waals surface area contributed by atoms with E-state index in [1.807, 2.05) is 12.3 Å². The molecule has 0 amide bonds. The maximum atomic E-state index is 10.2. The number of aromatic nitrogens is 2. The van der Waals surface area contributed by atoms with Gasteiger partial charge in [-0.15, -0.1) is 0 Å². The molecule has 3 N–H and O–H groups in total. The number of phenols is 1. The number of nitrogens with zero attached hydrogens (tertiary/aromatic N) is 1. The van der Waals surface area contributed by atoms with Crippen molar-refractivity contribution in [2.24, 2.45) is 0 Å². The number of phenolic OH excluding ortho intramolecular Hbond substituents is 1. The predicted octanol–water partition coefficient (Wildman–Crippen LogP) is 3.32. The van der Waals surface area contributed by atoms with E-state index in [0.29, 0.717) is 11.7 Å². The maximum absolute atomic E-state index is 10.2. The van der Waals surface area contributed by atoms with Crippen molar-refractivity contribution in [3.05, 3.63) is 47.0 Å². The van der Waals surface area contributed by atoms with Crippen LogP contribution in [0.3, 0.4) is 0 Å². The molecule has 0 fully saturated rings. The molecule has 3 rings (SSSR count). The summed E-state index contributed by atoms with van der Waals surface area (Å²) < 4.78 is 0. The number of aromatic hydroxyl groups is 1. The highest BCUT2D eigenvalue weighted by Gasteiger charge is 2.33. The van der Waals surface area contributed by atoms with Crippen molar-refractivity contribution in [3.63, 3.8) is 0 Å². The van der Waals surface area contributed by atoms with E-state index in [1.165, 1.54) is 11.1 Å². The second-order valence-electron chi connectivity index (χ2n) is 5.78. The van der Waals surface area contributed by atoms with Crippen LogP contribution in [-0.2, 0) is 0 Å². The Morgan fingerprint density at radius 1 is 1.40 bits per heavy atom. The molecule has 2 aromatic rings. The smallest absolute Gasteiger partial charge is 0.122 e. The van der Waals surface area contributed by atoms with Crippen LogP contribution >= 0.6 is 0 Å². The quantitative estimate of drug-likeness (QED) is 0.802. The van der Waals surface area contributed by atoms with Gasteiger partial charge >= 0.3 is 0 Å². The van der Waals surface area contributed by atoms with Crippen LogP contribution in [0.2, 0.25) is 0 Å². The molecule has 3 unspecified atom stereocenters. The fourth-order valence-corrected chi connectivity index (χ4v) is 3.39. The molecule has 1 heterocycles. The van der Waals surface area contributed by atoms with Crippen molar-refractivity contribution >= 4 is 0 Å². The Bertz CT molecular complexity index is 606. The van der Waals surface area contributed by atoms with Crippen molar-refractivity contribution in [2.45, 2.75) is 45.2 Å². The summed E-state index contributed by atoms with van der Waals surface area (Å²) in [5.74, 6) is 1.80. The maximum Gasteiger partial charge on any atom is 0.122 e. The standard InChI is InChI=1S/C16H21N3O/c1-9-4-5-13(20)15-12(8-10(2)14(9)15)19-11(3)16-17-6-7-18-16/h4-7,10-12,19-20H,8H2,1-3H3,(H,17,18). The van der Waals surface area contributed by atoms with Crippen LogP contribution in [0.1, 0.15) is 60.8 Å². The van der Waals surface area contributed by atoms with Crippen molar-refractivity contribution < 1.29 is 5.11 Å². The van der Waals surface area contributed by atoms with E-state index < -0.39 is 0 Å². The van der Waals surface area contributed by atoms with Gasteiger partial charge in [0.2, 0.25) is 0 Å². The first-order valence-corrected chi connectivity index (χ1v) is 7.15. The third-order valence-electron chi connectivity index (χ3n) is 4.29. The van der Waals surface area contributed by atoms with Crippen LogP contribution in [-0.4, -0.2) is 15.1 Å². The fourth-order valence-electron chi connectivity index (χ4n) is 3.39. The van der Waals surface area contributed by atoms with Gasteiger partial charge in [0.15, 0.2) is 0 Å². The summed E-state index contributed by atoms with van der Waals surface area (Å²) in [4.78, 5) is 7.43. The molecule has 1 aliphatic rings. The van der Waals surface area contributed by atoms with Crippen LogP contribution in [0.5, 0.6) is 5.75 Å². The molecule has 0 saturated carbocycles. The van der Waals surface area contributed by atoms with E-state index in [1.54, 1.807) is 12.3 Å². The van der Waals surface area contributed by atoms with Crippen LogP contribution in [0.25, 0.3) is 0 Å². The number of hydrogen-bond acceptors (Lipinski definition) is 3. The first-order valence-electron chi connectivity index (χ1n) is 7.15. The van der Waals surface area contributed by atoms with Crippen molar-refractivity contribution in [1.82, 2.24) is 15.3 Å². The number of fused-ring (bicyclic) bond motifs is 1. The Balaban J connectivity index is 1.90. The van der Waals surface area contributed by atoms with E-state index in [0.717, 1.165) is 17.8 Å². The van der Waals surface area contributed by atoms with Crippen LogP contribution in [0.15, 0.2) is 24.5 Å². The minimum Gasteiger partial charge on any atom is -0.508 e. The summed E-state index contributed by atoms with van der Waals surface area (Å²) >= 11 is 0. The molecular formula is C16H21N3O.